The van der Waals surface area contributed by atoms with Crippen LogP contribution in [0.4, 0.5) is 11.5 Å². The quantitative estimate of drug-likeness (QED) is 0.764. The molecule has 0 amide bonds. The zero-order valence-electron chi connectivity index (χ0n) is 16.2. The van der Waals surface area contributed by atoms with Gasteiger partial charge in [-0.3, -0.25) is 0 Å². The van der Waals surface area contributed by atoms with Crippen LogP contribution in [0.2, 0.25) is 0 Å². The molecule has 27 heavy (non-hydrogen) atoms. The summed E-state index contributed by atoms with van der Waals surface area (Å²) in [6, 6.07) is 13.4. The van der Waals surface area contributed by atoms with E-state index >= 15 is 0 Å². The second kappa shape index (κ2) is 7.62. The highest BCUT2D eigenvalue weighted by Crippen LogP contribution is 2.21. The largest absolute Gasteiger partial charge is 0.478 e. The Kier molecular flexibility index (Phi) is 5.26. The van der Waals surface area contributed by atoms with Gasteiger partial charge in [-0.1, -0.05) is 37.3 Å². The lowest BCUT2D eigenvalue weighted by Gasteiger charge is -2.21. The molecule has 138 valence electrons. The average molecular weight is 360 g/mol. The van der Waals surface area contributed by atoms with Crippen molar-refractivity contribution in [3.05, 3.63) is 64.0 Å². The van der Waals surface area contributed by atoms with Crippen molar-refractivity contribution in [1.29, 1.82) is 0 Å². The number of carboxylic acid groups (broad SMARTS) is 1. The van der Waals surface area contributed by atoms with Gasteiger partial charge in [0.25, 0.3) is 0 Å². The lowest BCUT2D eigenvalue weighted by Crippen LogP contribution is -2.33. The molecule has 0 saturated carbocycles. The van der Waals surface area contributed by atoms with Crippen molar-refractivity contribution in [2.24, 2.45) is 0 Å². The summed E-state index contributed by atoms with van der Waals surface area (Å²) >= 11 is 0. The molecule has 0 aliphatic heterocycles. The summed E-state index contributed by atoms with van der Waals surface area (Å²) in [5.74, 6) is -0.121. The number of aryl methyl sites for hydroxylation is 1. The minimum Gasteiger partial charge on any atom is -0.478 e. The molecule has 0 saturated heterocycles. The predicted molar refractivity (Wildman–Crippen MR) is 112 cm³/mol. The lowest BCUT2D eigenvalue weighted by molar-refractivity contribution is 0.0697. The number of aromatic carboxylic acids is 1. The summed E-state index contributed by atoms with van der Waals surface area (Å²) in [6.07, 6.45) is 5.13. The Labute approximate surface area is 159 Å². The molecule has 0 atom stereocenters. The Morgan fingerprint density at radius 2 is 1.96 bits per heavy atom. The van der Waals surface area contributed by atoms with E-state index in [1.165, 1.54) is 5.56 Å². The second-order valence-corrected chi connectivity index (χ2v) is 6.60. The second-order valence-electron chi connectivity index (χ2n) is 6.60. The fraction of sp³-hybridized carbons (Fsp3) is 0.217. The third-order valence-electron chi connectivity index (χ3n) is 4.70. The van der Waals surface area contributed by atoms with Crippen molar-refractivity contribution >= 4 is 40.5 Å². The third-order valence-corrected chi connectivity index (χ3v) is 4.70. The number of carboxylic acids is 1. The maximum Gasteiger partial charge on any atom is 0.335 e. The van der Waals surface area contributed by atoms with Gasteiger partial charge in [0.1, 0.15) is 5.82 Å². The van der Waals surface area contributed by atoms with E-state index in [0.717, 1.165) is 33.7 Å². The van der Waals surface area contributed by atoms with E-state index < -0.39 is 5.97 Å². The fourth-order valence-corrected chi connectivity index (χ4v) is 3.36. The van der Waals surface area contributed by atoms with Crippen molar-refractivity contribution in [3.8, 4) is 0 Å². The number of hydrogen-bond acceptors (Lipinski definition) is 3. The van der Waals surface area contributed by atoms with Crippen LogP contribution in [0.3, 0.4) is 0 Å². The number of fused-ring (bicyclic) bond motifs is 1. The van der Waals surface area contributed by atoms with Crippen molar-refractivity contribution in [1.82, 2.24) is 4.98 Å². The van der Waals surface area contributed by atoms with Gasteiger partial charge in [-0.25, -0.2) is 9.78 Å². The summed E-state index contributed by atoms with van der Waals surface area (Å²) in [5.41, 5.74) is 3.15. The van der Waals surface area contributed by atoms with E-state index in [1.807, 2.05) is 26.1 Å². The Morgan fingerprint density at radius 1 is 1.19 bits per heavy atom. The molecule has 1 N–H and O–H groups in total. The van der Waals surface area contributed by atoms with Gasteiger partial charge in [-0.15, -0.1) is 0 Å². The van der Waals surface area contributed by atoms with Crippen LogP contribution in [-0.2, 0) is 0 Å². The number of nitrogens with zero attached hydrogens (tertiary/aromatic N) is 2. The van der Waals surface area contributed by atoms with Gasteiger partial charge in [0.05, 0.1) is 11.1 Å². The van der Waals surface area contributed by atoms with Crippen LogP contribution < -0.4 is 15.3 Å². The predicted octanol–water partition coefficient (Wildman–Crippen LogP) is 4.00. The van der Waals surface area contributed by atoms with Crippen molar-refractivity contribution in [2.45, 2.75) is 27.2 Å². The molecule has 0 unspecified atom stereocenters. The van der Waals surface area contributed by atoms with Crippen LogP contribution in [0.1, 0.15) is 36.2 Å². The summed E-state index contributed by atoms with van der Waals surface area (Å²) in [5, 5.41) is 12.5. The molecule has 3 aromatic rings. The van der Waals surface area contributed by atoms with Crippen molar-refractivity contribution < 1.29 is 9.90 Å². The standard InChI is InChI=1S/C23H24N2O2/c1-5-8-20-18(6-2)19-12-11-16(23(26)27)14-21(19)24-22(20)25(4)17-10-7-9-15(3)13-17/h6-14H,5H2,1-4H3,(H,26,27)/b18-6-,20-8+. The van der Waals surface area contributed by atoms with E-state index in [4.69, 9.17) is 4.98 Å². The molecule has 0 aliphatic carbocycles. The van der Waals surface area contributed by atoms with Crippen LogP contribution in [0.25, 0.3) is 23.1 Å². The van der Waals surface area contributed by atoms with Gasteiger partial charge in [-0.2, -0.15) is 0 Å². The molecule has 0 fully saturated rings. The first-order valence-electron chi connectivity index (χ1n) is 9.10. The number of rotatable bonds is 4. The van der Waals surface area contributed by atoms with Crippen LogP contribution in [0.5, 0.6) is 0 Å². The number of benzene rings is 2. The molecule has 1 heterocycles. The molecule has 4 heteroatoms. The molecule has 1 aromatic heterocycles. The minimum atomic E-state index is -0.946. The maximum absolute atomic E-state index is 11.4. The zero-order chi connectivity index (χ0) is 19.6. The maximum atomic E-state index is 11.4. The number of pyridine rings is 1. The third kappa shape index (κ3) is 3.56. The molecule has 0 bridgehead atoms. The van der Waals surface area contributed by atoms with Gasteiger partial charge in [0.15, 0.2) is 0 Å². The number of aromatic nitrogens is 1. The highest BCUT2D eigenvalue weighted by Gasteiger charge is 2.13. The first kappa shape index (κ1) is 18.6. The topological polar surface area (TPSA) is 53.4 Å². The van der Waals surface area contributed by atoms with Crippen LogP contribution in [0.15, 0.2) is 42.5 Å². The van der Waals surface area contributed by atoms with Crippen LogP contribution in [-0.4, -0.2) is 23.1 Å². The molecular formula is C23H24N2O2. The van der Waals surface area contributed by atoms with Gasteiger partial charge in [0, 0.05) is 23.3 Å². The van der Waals surface area contributed by atoms with E-state index in [2.05, 4.69) is 49.1 Å². The number of anilines is 2. The molecule has 0 aliphatic rings. The minimum absolute atomic E-state index is 0.244. The Morgan fingerprint density at radius 3 is 2.59 bits per heavy atom. The first-order chi connectivity index (χ1) is 13.0. The Hall–Kier alpha value is -3.14. The lowest BCUT2D eigenvalue weighted by atomic mass is 10.1. The highest BCUT2D eigenvalue weighted by atomic mass is 16.4. The van der Waals surface area contributed by atoms with Gasteiger partial charge in [0.2, 0.25) is 0 Å². The van der Waals surface area contributed by atoms with Gasteiger partial charge < -0.3 is 10.0 Å². The Bertz CT molecular complexity index is 1130. The molecule has 0 radical (unpaired) electrons. The Balaban J connectivity index is 2.37. The van der Waals surface area contributed by atoms with Crippen LogP contribution >= 0.6 is 0 Å². The fourth-order valence-electron chi connectivity index (χ4n) is 3.36. The summed E-state index contributed by atoms with van der Waals surface area (Å²) in [7, 11) is 2.00. The molecule has 0 spiro atoms. The molecule has 4 nitrogen and oxygen atoms in total. The van der Waals surface area contributed by atoms with E-state index in [0.29, 0.717) is 5.52 Å². The molecule has 2 aromatic carbocycles. The number of carbonyl (C=O) groups is 1. The van der Waals surface area contributed by atoms with Crippen LogP contribution in [0, 0.1) is 6.92 Å². The summed E-state index contributed by atoms with van der Waals surface area (Å²) in [4.78, 5) is 18.3. The van der Waals surface area contributed by atoms with Gasteiger partial charge in [-0.05, 0) is 55.3 Å². The molecular weight excluding hydrogens is 336 g/mol. The normalized spacial score (nSPS) is 12.6. The van der Waals surface area contributed by atoms with Gasteiger partial charge >= 0.3 is 5.97 Å². The van der Waals surface area contributed by atoms with E-state index in [1.54, 1.807) is 12.1 Å². The SMILES string of the molecule is C/C=c1\c(=C/CC)c(N(C)c2cccc(C)c2)nc2cc(C(=O)O)ccc12. The summed E-state index contributed by atoms with van der Waals surface area (Å²) < 4.78 is 0. The summed E-state index contributed by atoms with van der Waals surface area (Å²) in [6.45, 7) is 6.17. The van der Waals surface area contributed by atoms with Crippen molar-refractivity contribution in [3.63, 3.8) is 0 Å². The monoisotopic (exact) mass is 360 g/mol. The average Bonchev–Trinajstić information content (AvgIpc) is 2.66. The van der Waals surface area contributed by atoms with E-state index in [9.17, 15) is 9.90 Å². The molecule has 3 rings (SSSR count). The number of hydrogen-bond donors (Lipinski definition) is 1. The van der Waals surface area contributed by atoms with E-state index in [-0.39, 0.29) is 5.56 Å². The smallest absolute Gasteiger partial charge is 0.335 e. The van der Waals surface area contributed by atoms with Crippen molar-refractivity contribution in [2.75, 3.05) is 11.9 Å². The highest BCUT2D eigenvalue weighted by molar-refractivity contribution is 5.94. The zero-order valence-corrected chi connectivity index (χ0v) is 16.2. The first-order valence-corrected chi connectivity index (χ1v) is 9.10.